The lowest BCUT2D eigenvalue weighted by Crippen LogP contribution is -2.72. The molecule has 3 aliphatic rings. The smallest absolute Gasteiger partial charge is 0.228 e. The first-order chi connectivity index (χ1) is 10.3. The van der Waals surface area contributed by atoms with E-state index in [-0.39, 0.29) is 30.7 Å². The van der Waals surface area contributed by atoms with Crippen molar-refractivity contribution in [3.8, 4) is 0 Å². The highest BCUT2D eigenvalue weighted by molar-refractivity contribution is 9.24. The summed E-state index contributed by atoms with van der Waals surface area (Å²) in [6.45, 7) is 4.97. The van der Waals surface area contributed by atoms with Gasteiger partial charge in [-0.05, 0) is 29.9 Å². The third-order valence-electron chi connectivity index (χ3n) is 6.07. The van der Waals surface area contributed by atoms with Crippen LogP contribution in [0.5, 0.6) is 0 Å². The van der Waals surface area contributed by atoms with Gasteiger partial charge in [-0.25, -0.2) is 0 Å². The van der Waals surface area contributed by atoms with E-state index in [0.29, 0.717) is 6.54 Å². The number of aromatic nitrogens is 1. The number of alkyl halides is 3. The van der Waals surface area contributed by atoms with Crippen molar-refractivity contribution >= 4 is 53.7 Å². The topological polar surface area (TPSA) is 42.0 Å². The van der Waals surface area contributed by atoms with Gasteiger partial charge in [0.05, 0.1) is 9.15 Å². The van der Waals surface area contributed by atoms with Crippen LogP contribution in [0.4, 0.5) is 0 Å². The highest BCUT2D eigenvalue weighted by atomic mass is 79.9. The molecule has 0 unspecified atom stereocenters. The zero-order valence-electron chi connectivity index (χ0n) is 12.6. The van der Waals surface area contributed by atoms with Crippen LogP contribution >= 0.6 is 47.8 Å². The van der Waals surface area contributed by atoms with Crippen molar-refractivity contribution < 1.29 is 4.79 Å². The zero-order chi connectivity index (χ0) is 16.2. The number of halogens is 3. The molecule has 1 N–H and O–H groups in total. The summed E-state index contributed by atoms with van der Waals surface area (Å²) in [5.41, 5.74) is 0.692. The fourth-order valence-corrected chi connectivity index (χ4v) is 9.46. The van der Waals surface area contributed by atoms with Crippen LogP contribution in [0.3, 0.4) is 0 Å². The van der Waals surface area contributed by atoms with E-state index in [1.807, 2.05) is 12.1 Å². The molecule has 0 saturated heterocycles. The van der Waals surface area contributed by atoms with Gasteiger partial charge in [0.2, 0.25) is 5.91 Å². The molecular weight excluding hydrogens is 476 g/mol. The Bertz CT molecular complexity index is 592. The van der Waals surface area contributed by atoms with Gasteiger partial charge in [0.15, 0.2) is 0 Å². The second kappa shape index (κ2) is 5.55. The molecule has 120 valence electrons. The minimum atomic E-state index is -0.338. The summed E-state index contributed by atoms with van der Waals surface area (Å²) in [5, 5.41) is 3.12. The molecule has 1 amide bonds. The number of pyridine rings is 1. The molecule has 22 heavy (non-hydrogen) atoms. The van der Waals surface area contributed by atoms with E-state index < -0.39 is 0 Å². The summed E-state index contributed by atoms with van der Waals surface area (Å²) >= 11 is 11.3. The third-order valence-corrected chi connectivity index (χ3v) is 9.30. The number of rotatable bonds is 4. The molecule has 3 atom stereocenters. The first-order valence-corrected chi connectivity index (χ1v) is 10.1. The summed E-state index contributed by atoms with van der Waals surface area (Å²) in [6.07, 6.45) is 5.49. The quantitative estimate of drug-likeness (QED) is 0.631. The molecule has 0 spiro atoms. The SMILES string of the molecule is CC1(C)[C@]2(C(Br)Br)CC[C@@]1(C(=O)NCc1cccnc1)[C@@H]2Br. The molecule has 2 bridgehead atoms. The van der Waals surface area contributed by atoms with E-state index >= 15 is 0 Å². The molecule has 0 aliphatic heterocycles. The summed E-state index contributed by atoms with van der Waals surface area (Å²) in [6, 6.07) is 3.87. The van der Waals surface area contributed by atoms with Gasteiger partial charge in [-0.1, -0.05) is 67.7 Å². The number of nitrogens with zero attached hydrogens (tertiary/aromatic N) is 1. The van der Waals surface area contributed by atoms with Gasteiger partial charge in [-0.15, -0.1) is 0 Å². The molecule has 6 heteroatoms. The molecule has 3 fully saturated rings. The van der Waals surface area contributed by atoms with Gasteiger partial charge in [0.25, 0.3) is 0 Å². The van der Waals surface area contributed by atoms with Crippen molar-refractivity contribution in [2.45, 2.75) is 41.8 Å². The minimum Gasteiger partial charge on any atom is -0.351 e. The number of amides is 1. The molecule has 0 radical (unpaired) electrons. The maximum atomic E-state index is 13.0. The summed E-state index contributed by atoms with van der Waals surface area (Å²) in [5.74, 6) is 0.150. The number of carbonyl (C=O) groups excluding carboxylic acids is 1. The Balaban J connectivity index is 1.79. The second-order valence-corrected chi connectivity index (χ2v) is 10.8. The Kier molecular flexibility index (Phi) is 4.27. The number of carbonyl (C=O) groups is 1. The largest absolute Gasteiger partial charge is 0.351 e. The van der Waals surface area contributed by atoms with Crippen molar-refractivity contribution in [2.24, 2.45) is 16.2 Å². The number of hydrogen-bond acceptors (Lipinski definition) is 2. The van der Waals surface area contributed by atoms with Gasteiger partial charge in [0.1, 0.15) is 0 Å². The van der Waals surface area contributed by atoms with E-state index in [0.717, 1.165) is 18.4 Å². The van der Waals surface area contributed by atoms with Crippen molar-refractivity contribution in [3.63, 3.8) is 0 Å². The van der Waals surface area contributed by atoms with Crippen LogP contribution < -0.4 is 5.32 Å². The Hall–Kier alpha value is 0.0600. The highest BCUT2D eigenvalue weighted by Crippen LogP contribution is 2.82. The average molecular weight is 495 g/mol. The number of hydrogen-bond donors (Lipinski definition) is 1. The Morgan fingerprint density at radius 1 is 1.45 bits per heavy atom. The van der Waals surface area contributed by atoms with Crippen LogP contribution in [-0.4, -0.2) is 19.5 Å². The van der Waals surface area contributed by atoms with E-state index in [1.165, 1.54) is 0 Å². The minimum absolute atomic E-state index is 0.0646. The average Bonchev–Trinajstić information content (AvgIpc) is 2.95. The summed E-state index contributed by atoms with van der Waals surface area (Å²) in [4.78, 5) is 17.2. The summed E-state index contributed by atoms with van der Waals surface area (Å²) < 4.78 is 0.202. The second-order valence-electron chi connectivity index (χ2n) is 6.84. The molecule has 0 aromatic carbocycles. The van der Waals surface area contributed by atoms with E-state index in [2.05, 4.69) is 71.9 Å². The molecule has 1 aromatic heterocycles. The van der Waals surface area contributed by atoms with E-state index in [4.69, 9.17) is 0 Å². The Morgan fingerprint density at radius 2 is 2.18 bits per heavy atom. The predicted molar refractivity (Wildman–Crippen MR) is 98.3 cm³/mol. The number of fused-ring (bicyclic) bond motifs is 1. The predicted octanol–water partition coefficient (Wildman–Crippen LogP) is 4.38. The first-order valence-electron chi connectivity index (χ1n) is 7.40. The van der Waals surface area contributed by atoms with Gasteiger partial charge < -0.3 is 5.32 Å². The van der Waals surface area contributed by atoms with Crippen LogP contribution in [0.2, 0.25) is 0 Å². The zero-order valence-corrected chi connectivity index (χ0v) is 17.3. The standard InChI is InChI=1S/C16H19Br3N2O/c1-14(2)15(12(18)19)5-6-16(14,11(15)17)13(22)21-9-10-4-3-7-20-8-10/h3-4,7-8,11-12H,5-6,9H2,1-2H3,(H,21,22)/t11-,15-,16+/m1/s1. The number of nitrogens with one attached hydrogen (secondary N) is 1. The molecule has 4 rings (SSSR count). The molecule has 1 heterocycles. The van der Waals surface area contributed by atoms with Crippen LogP contribution in [-0.2, 0) is 11.3 Å². The van der Waals surface area contributed by atoms with Gasteiger partial charge >= 0.3 is 0 Å². The summed E-state index contributed by atoms with van der Waals surface area (Å²) in [7, 11) is 0. The van der Waals surface area contributed by atoms with Crippen LogP contribution in [0.1, 0.15) is 32.3 Å². The van der Waals surface area contributed by atoms with Crippen LogP contribution in [0, 0.1) is 16.2 Å². The van der Waals surface area contributed by atoms with Crippen molar-refractivity contribution in [1.29, 1.82) is 0 Å². The van der Waals surface area contributed by atoms with Crippen molar-refractivity contribution in [2.75, 3.05) is 0 Å². The normalized spacial score (nSPS) is 35.3. The first kappa shape index (κ1) is 16.9. The van der Waals surface area contributed by atoms with Gasteiger partial charge in [-0.3, -0.25) is 9.78 Å². The van der Waals surface area contributed by atoms with Crippen LogP contribution in [0.15, 0.2) is 24.5 Å². The van der Waals surface area contributed by atoms with E-state index in [1.54, 1.807) is 12.4 Å². The molecule has 3 nitrogen and oxygen atoms in total. The fourth-order valence-electron chi connectivity index (χ4n) is 4.54. The lowest BCUT2D eigenvalue weighted by molar-refractivity contribution is -0.161. The third kappa shape index (κ3) is 1.89. The monoisotopic (exact) mass is 492 g/mol. The maximum absolute atomic E-state index is 13.0. The fraction of sp³-hybridized carbons (Fsp3) is 0.625. The maximum Gasteiger partial charge on any atom is 0.228 e. The lowest BCUT2D eigenvalue weighted by atomic mass is 9.43. The molecule has 1 aromatic rings. The van der Waals surface area contributed by atoms with Gasteiger partial charge in [-0.2, -0.15) is 0 Å². The lowest BCUT2D eigenvalue weighted by Gasteiger charge is -2.66. The highest BCUT2D eigenvalue weighted by Gasteiger charge is 2.83. The molecular formula is C16H19Br3N2O. The van der Waals surface area contributed by atoms with E-state index in [9.17, 15) is 4.79 Å². The molecule has 3 aliphatic carbocycles. The van der Waals surface area contributed by atoms with Crippen LogP contribution in [0.25, 0.3) is 0 Å². The Labute approximate surface area is 156 Å². The molecule has 3 saturated carbocycles. The van der Waals surface area contributed by atoms with Crippen molar-refractivity contribution in [1.82, 2.24) is 10.3 Å². The van der Waals surface area contributed by atoms with Crippen molar-refractivity contribution in [3.05, 3.63) is 30.1 Å². The Morgan fingerprint density at radius 3 is 2.68 bits per heavy atom. The van der Waals surface area contributed by atoms with Gasteiger partial charge in [0, 0.05) is 29.2 Å².